The number of nitrogens with zero attached hydrogens (tertiary/aromatic N) is 3. The Morgan fingerprint density at radius 3 is 2.82 bits per heavy atom. The van der Waals surface area contributed by atoms with Gasteiger partial charge in [0.25, 0.3) is 5.22 Å². The summed E-state index contributed by atoms with van der Waals surface area (Å²) in [5, 5.41) is 10.6. The molecule has 0 atom stereocenters. The van der Waals surface area contributed by atoms with Gasteiger partial charge in [-0.25, -0.2) is 0 Å². The van der Waals surface area contributed by atoms with E-state index in [1.54, 1.807) is 31.5 Å². The van der Waals surface area contributed by atoms with E-state index in [1.165, 1.54) is 11.8 Å². The van der Waals surface area contributed by atoms with Crippen molar-refractivity contribution in [3.63, 3.8) is 0 Å². The fourth-order valence-electron chi connectivity index (χ4n) is 1.10. The molecule has 0 spiro atoms. The summed E-state index contributed by atoms with van der Waals surface area (Å²) >= 11 is 1.20. The Hall–Kier alpha value is -1.89. The van der Waals surface area contributed by atoms with Crippen LogP contribution < -0.4 is 5.32 Å². The lowest BCUT2D eigenvalue weighted by Gasteiger charge is -2.02. The summed E-state index contributed by atoms with van der Waals surface area (Å²) in [4.78, 5) is 15.4. The molecular formula is C10H10N4O2S. The van der Waals surface area contributed by atoms with Crippen LogP contribution in [0.5, 0.6) is 0 Å². The number of anilines is 1. The first-order chi connectivity index (χ1) is 8.24. The summed E-state index contributed by atoms with van der Waals surface area (Å²) in [7, 11) is 0. The molecule has 0 saturated heterocycles. The third-order valence-corrected chi connectivity index (χ3v) is 2.62. The minimum Gasteiger partial charge on any atom is -0.416 e. The molecule has 0 unspecified atom stereocenters. The first-order valence-electron chi connectivity index (χ1n) is 4.87. The van der Waals surface area contributed by atoms with Crippen molar-refractivity contribution in [3.05, 3.63) is 30.4 Å². The highest BCUT2D eigenvalue weighted by atomic mass is 32.2. The van der Waals surface area contributed by atoms with Gasteiger partial charge in [-0.15, -0.1) is 10.2 Å². The predicted molar refractivity (Wildman–Crippen MR) is 62.6 cm³/mol. The van der Waals surface area contributed by atoms with Gasteiger partial charge in [0, 0.05) is 25.0 Å². The van der Waals surface area contributed by atoms with Gasteiger partial charge in [-0.2, -0.15) is 0 Å². The van der Waals surface area contributed by atoms with Crippen molar-refractivity contribution < 1.29 is 9.21 Å². The number of thioether (sulfide) groups is 1. The van der Waals surface area contributed by atoms with E-state index in [1.807, 2.05) is 0 Å². The maximum absolute atomic E-state index is 11.6. The molecule has 17 heavy (non-hydrogen) atoms. The van der Waals surface area contributed by atoms with Gasteiger partial charge in [-0.05, 0) is 12.1 Å². The van der Waals surface area contributed by atoms with Gasteiger partial charge in [0.15, 0.2) is 0 Å². The van der Waals surface area contributed by atoms with Crippen LogP contribution in [0.2, 0.25) is 0 Å². The second-order valence-corrected chi connectivity index (χ2v) is 4.09. The lowest BCUT2D eigenvalue weighted by Crippen LogP contribution is -2.13. The molecule has 2 aromatic heterocycles. The number of amides is 1. The van der Waals surface area contributed by atoms with Crippen LogP contribution in [0.25, 0.3) is 0 Å². The number of rotatable bonds is 4. The molecule has 2 rings (SSSR count). The van der Waals surface area contributed by atoms with Crippen molar-refractivity contribution in [3.8, 4) is 0 Å². The topological polar surface area (TPSA) is 80.9 Å². The Labute approximate surface area is 102 Å². The molecule has 2 aromatic rings. The first kappa shape index (κ1) is 11.6. The Morgan fingerprint density at radius 2 is 2.18 bits per heavy atom. The monoisotopic (exact) mass is 250 g/mol. The number of carbonyl (C=O) groups is 1. The molecule has 0 saturated carbocycles. The summed E-state index contributed by atoms with van der Waals surface area (Å²) in [6.45, 7) is 1.70. The molecule has 2 heterocycles. The van der Waals surface area contributed by atoms with Crippen LogP contribution in [0.1, 0.15) is 5.89 Å². The first-order valence-corrected chi connectivity index (χ1v) is 5.85. The molecule has 6 nitrogen and oxygen atoms in total. The normalized spacial score (nSPS) is 10.2. The molecule has 0 bridgehead atoms. The van der Waals surface area contributed by atoms with E-state index in [-0.39, 0.29) is 11.7 Å². The Kier molecular flexibility index (Phi) is 3.71. The van der Waals surface area contributed by atoms with Crippen LogP contribution in [0.3, 0.4) is 0 Å². The highest BCUT2D eigenvalue weighted by molar-refractivity contribution is 7.99. The van der Waals surface area contributed by atoms with E-state index in [0.717, 1.165) is 0 Å². The zero-order valence-corrected chi connectivity index (χ0v) is 9.90. The summed E-state index contributed by atoms with van der Waals surface area (Å²) in [6, 6.07) is 3.44. The molecule has 0 aliphatic heterocycles. The highest BCUT2D eigenvalue weighted by Crippen LogP contribution is 2.15. The minimum absolute atomic E-state index is 0.128. The van der Waals surface area contributed by atoms with E-state index in [0.29, 0.717) is 16.8 Å². The van der Waals surface area contributed by atoms with Crippen LogP contribution >= 0.6 is 11.8 Å². The van der Waals surface area contributed by atoms with Crippen LogP contribution in [0.15, 0.2) is 34.2 Å². The Bertz CT molecular complexity index is 500. The minimum atomic E-state index is -0.128. The summed E-state index contributed by atoms with van der Waals surface area (Å²) in [6.07, 6.45) is 3.23. The number of nitrogens with one attached hydrogen (secondary N) is 1. The molecule has 0 radical (unpaired) electrons. The number of hydrogen-bond acceptors (Lipinski definition) is 6. The molecule has 0 aliphatic carbocycles. The van der Waals surface area contributed by atoms with E-state index < -0.39 is 0 Å². The zero-order chi connectivity index (χ0) is 12.1. The standard InChI is InChI=1S/C10H10N4O2S/c1-7-13-14-10(16-7)17-6-9(15)12-8-2-4-11-5-3-8/h2-5H,6H2,1H3,(H,11,12,15). The maximum atomic E-state index is 11.6. The van der Waals surface area contributed by atoms with Crippen molar-refractivity contribution >= 4 is 23.4 Å². The SMILES string of the molecule is Cc1nnc(SCC(=O)Nc2ccncc2)o1. The predicted octanol–water partition coefficient (Wildman–Crippen LogP) is 1.50. The van der Waals surface area contributed by atoms with Crippen LogP contribution in [-0.4, -0.2) is 26.8 Å². The summed E-state index contributed by atoms with van der Waals surface area (Å²) in [5.74, 6) is 0.586. The highest BCUT2D eigenvalue weighted by Gasteiger charge is 2.07. The number of hydrogen-bond donors (Lipinski definition) is 1. The third kappa shape index (κ3) is 3.56. The van der Waals surface area contributed by atoms with E-state index in [9.17, 15) is 4.79 Å². The maximum Gasteiger partial charge on any atom is 0.277 e. The summed E-state index contributed by atoms with van der Waals surface area (Å²) < 4.78 is 5.13. The largest absolute Gasteiger partial charge is 0.416 e. The lowest BCUT2D eigenvalue weighted by atomic mass is 10.4. The smallest absolute Gasteiger partial charge is 0.277 e. The molecule has 0 aromatic carbocycles. The van der Waals surface area contributed by atoms with Crippen LogP contribution in [-0.2, 0) is 4.79 Å². The van der Waals surface area contributed by atoms with Gasteiger partial charge in [-0.3, -0.25) is 9.78 Å². The zero-order valence-electron chi connectivity index (χ0n) is 9.08. The molecule has 1 amide bonds. The van der Waals surface area contributed by atoms with Crippen molar-refractivity contribution in [1.29, 1.82) is 0 Å². The fraction of sp³-hybridized carbons (Fsp3) is 0.200. The lowest BCUT2D eigenvalue weighted by molar-refractivity contribution is -0.113. The average Bonchev–Trinajstić information content (AvgIpc) is 2.74. The van der Waals surface area contributed by atoms with Crippen molar-refractivity contribution in [2.45, 2.75) is 12.1 Å². The molecule has 0 fully saturated rings. The van der Waals surface area contributed by atoms with Gasteiger partial charge >= 0.3 is 0 Å². The molecule has 7 heteroatoms. The van der Waals surface area contributed by atoms with Gasteiger partial charge in [-0.1, -0.05) is 11.8 Å². The number of aryl methyl sites for hydroxylation is 1. The van der Waals surface area contributed by atoms with Crippen molar-refractivity contribution in [1.82, 2.24) is 15.2 Å². The molecular weight excluding hydrogens is 240 g/mol. The molecule has 88 valence electrons. The Morgan fingerprint density at radius 1 is 1.41 bits per heavy atom. The summed E-state index contributed by atoms with van der Waals surface area (Å²) in [5.41, 5.74) is 0.715. The van der Waals surface area contributed by atoms with E-state index in [4.69, 9.17) is 4.42 Å². The third-order valence-electron chi connectivity index (χ3n) is 1.80. The number of carbonyl (C=O) groups excluding carboxylic acids is 1. The van der Waals surface area contributed by atoms with Crippen molar-refractivity contribution in [2.24, 2.45) is 0 Å². The quantitative estimate of drug-likeness (QED) is 0.828. The second-order valence-electron chi connectivity index (χ2n) is 3.16. The van der Waals surface area contributed by atoms with Gasteiger partial charge in [0.05, 0.1) is 5.75 Å². The van der Waals surface area contributed by atoms with Crippen LogP contribution in [0, 0.1) is 6.92 Å². The van der Waals surface area contributed by atoms with Gasteiger partial charge in [0.1, 0.15) is 0 Å². The average molecular weight is 250 g/mol. The molecule has 0 aliphatic rings. The van der Waals surface area contributed by atoms with Gasteiger partial charge in [0.2, 0.25) is 11.8 Å². The molecule has 1 N–H and O–H groups in total. The fourth-order valence-corrected chi connectivity index (χ4v) is 1.70. The van der Waals surface area contributed by atoms with Crippen LogP contribution in [0.4, 0.5) is 5.69 Å². The van der Waals surface area contributed by atoms with E-state index >= 15 is 0 Å². The second kappa shape index (κ2) is 5.44. The number of aromatic nitrogens is 3. The van der Waals surface area contributed by atoms with E-state index in [2.05, 4.69) is 20.5 Å². The van der Waals surface area contributed by atoms with Crippen molar-refractivity contribution in [2.75, 3.05) is 11.1 Å². The Balaban J connectivity index is 1.82. The number of pyridine rings is 1. The van der Waals surface area contributed by atoms with Gasteiger partial charge < -0.3 is 9.73 Å².